The van der Waals surface area contributed by atoms with Crippen LogP contribution in [0.25, 0.3) is 0 Å². The molecule has 0 aromatic carbocycles. The molecule has 0 saturated carbocycles. The van der Waals surface area contributed by atoms with Crippen LogP contribution < -0.4 is 5.32 Å². The lowest BCUT2D eigenvalue weighted by Crippen LogP contribution is -2.34. The van der Waals surface area contributed by atoms with E-state index in [1.54, 1.807) is 0 Å². The molecule has 1 fully saturated rings. The van der Waals surface area contributed by atoms with Crippen molar-refractivity contribution < 1.29 is 13.2 Å². The Kier molecular flexibility index (Phi) is 6.26. The number of halogens is 2. The van der Waals surface area contributed by atoms with Gasteiger partial charge in [0.2, 0.25) is 0 Å². The molecular formula is C9H15Cl2NO3S2. The van der Waals surface area contributed by atoms with Crippen LogP contribution in [-0.2, 0) is 14.6 Å². The first-order valence-electron chi connectivity index (χ1n) is 5.23. The summed E-state index contributed by atoms with van der Waals surface area (Å²) in [6, 6.07) is 0. The number of ether oxygens (including phenoxy) is 1. The summed E-state index contributed by atoms with van der Waals surface area (Å²) in [4.78, 5) is 0. The van der Waals surface area contributed by atoms with Gasteiger partial charge >= 0.3 is 0 Å². The molecule has 8 heteroatoms. The predicted octanol–water partition coefficient (Wildman–Crippen LogP) is 1.16. The van der Waals surface area contributed by atoms with Gasteiger partial charge in [-0.1, -0.05) is 0 Å². The Morgan fingerprint density at radius 3 is 2.59 bits per heavy atom. The topological polar surface area (TPSA) is 55.4 Å². The van der Waals surface area contributed by atoms with Crippen molar-refractivity contribution in [3.05, 3.63) is 0 Å². The molecule has 0 aromatic heterocycles. The fraction of sp³-hybridized carbons (Fsp3) is 0.889. The summed E-state index contributed by atoms with van der Waals surface area (Å²) < 4.78 is 27.7. The lowest BCUT2D eigenvalue weighted by molar-refractivity contribution is 0.229. The highest BCUT2D eigenvalue weighted by molar-refractivity contribution is 7.91. The van der Waals surface area contributed by atoms with Gasteiger partial charge in [-0.25, -0.2) is 8.42 Å². The van der Waals surface area contributed by atoms with Gasteiger partial charge in [0.1, 0.15) is 6.10 Å². The molecule has 1 N–H and O–H groups in total. The number of sulfone groups is 1. The summed E-state index contributed by atoms with van der Waals surface area (Å²) in [6.45, 7) is 0.509. The van der Waals surface area contributed by atoms with Gasteiger partial charge in [-0.15, -0.1) is 23.2 Å². The Bertz CT molecular complexity index is 357. The number of alkyl halides is 2. The average molecular weight is 320 g/mol. The van der Waals surface area contributed by atoms with Gasteiger partial charge in [0, 0.05) is 6.54 Å². The van der Waals surface area contributed by atoms with Gasteiger partial charge in [0.25, 0.3) is 5.17 Å². The second-order valence-corrected chi connectivity index (χ2v) is 7.20. The molecule has 0 aromatic rings. The molecule has 0 unspecified atom stereocenters. The van der Waals surface area contributed by atoms with Crippen molar-refractivity contribution in [2.75, 3.05) is 29.8 Å². The largest absolute Gasteiger partial charge is 0.465 e. The Morgan fingerprint density at radius 2 is 2.12 bits per heavy atom. The number of hydrogen-bond donors (Lipinski definition) is 1. The lowest BCUT2D eigenvalue weighted by Gasteiger charge is -2.16. The summed E-state index contributed by atoms with van der Waals surface area (Å²) in [5, 5.41) is 3.11. The van der Waals surface area contributed by atoms with Gasteiger partial charge in [-0.2, -0.15) is 0 Å². The first kappa shape index (κ1) is 15.3. The van der Waals surface area contributed by atoms with E-state index in [1.165, 1.54) is 0 Å². The molecule has 100 valence electrons. The van der Waals surface area contributed by atoms with Crippen LogP contribution in [0.3, 0.4) is 0 Å². The van der Waals surface area contributed by atoms with Crippen LogP contribution in [-0.4, -0.2) is 49.5 Å². The average Bonchev–Trinajstić information content (AvgIpc) is 2.63. The van der Waals surface area contributed by atoms with Crippen LogP contribution in [0, 0.1) is 5.92 Å². The van der Waals surface area contributed by atoms with Crippen molar-refractivity contribution in [2.45, 2.75) is 12.5 Å². The SMILES string of the molecule is O=S1(=O)CC[C@@H](CNC(=S)OC(CCl)CCl)C1. The minimum Gasteiger partial charge on any atom is -0.465 e. The zero-order chi connectivity index (χ0) is 12.9. The highest BCUT2D eigenvalue weighted by Crippen LogP contribution is 2.17. The quantitative estimate of drug-likeness (QED) is 0.608. The minimum atomic E-state index is -2.84. The van der Waals surface area contributed by atoms with E-state index in [9.17, 15) is 8.42 Å². The molecule has 0 amide bonds. The molecule has 1 atom stereocenters. The van der Waals surface area contributed by atoms with E-state index >= 15 is 0 Å². The lowest BCUT2D eigenvalue weighted by atomic mass is 10.1. The van der Waals surface area contributed by atoms with Crippen LogP contribution in [0.15, 0.2) is 0 Å². The molecule has 0 radical (unpaired) electrons. The molecule has 0 aliphatic carbocycles. The van der Waals surface area contributed by atoms with Crippen molar-refractivity contribution >= 4 is 50.4 Å². The van der Waals surface area contributed by atoms with E-state index in [4.69, 9.17) is 40.2 Å². The maximum absolute atomic E-state index is 11.2. The van der Waals surface area contributed by atoms with E-state index in [1.807, 2.05) is 0 Å². The van der Waals surface area contributed by atoms with Crippen molar-refractivity contribution in [3.8, 4) is 0 Å². The van der Waals surface area contributed by atoms with E-state index in [2.05, 4.69) is 5.32 Å². The summed E-state index contributed by atoms with van der Waals surface area (Å²) in [6.07, 6.45) is 0.359. The molecule has 0 spiro atoms. The predicted molar refractivity (Wildman–Crippen MR) is 73.7 cm³/mol. The Hall–Kier alpha value is 0.220. The summed E-state index contributed by atoms with van der Waals surface area (Å²) in [7, 11) is -2.84. The molecule has 4 nitrogen and oxygen atoms in total. The van der Waals surface area contributed by atoms with E-state index in [0.717, 1.165) is 0 Å². The molecule has 1 saturated heterocycles. The van der Waals surface area contributed by atoms with E-state index in [-0.39, 0.29) is 40.5 Å². The second-order valence-electron chi connectivity index (χ2n) is 3.99. The zero-order valence-electron chi connectivity index (χ0n) is 9.19. The van der Waals surface area contributed by atoms with Crippen molar-refractivity contribution in [2.24, 2.45) is 5.92 Å². The first-order chi connectivity index (χ1) is 7.96. The van der Waals surface area contributed by atoms with Crippen LogP contribution in [0.2, 0.25) is 0 Å². The van der Waals surface area contributed by atoms with E-state index < -0.39 is 9.84 Å². The molecule has 1 aliphatic rings. The third-order valence-electron chi connectivity index (χ3n) is 2.48. The molecular weight excluding hydrogens is 305 g/mol. The highest BCUT2D eigenvalue weighted by atomic mass is 35.5. The van der Waals surface area contributed by atoms with Gasteiger partial charge in [0.15, 0.2) is 9.84 Å². The Balaban J connectivity index is 2.25. The number of nitrogens with one attached hydrogen (secondary N) is 1. The summed E-state index contributed by atoms with van der Waals surface area (Å²) >= 11 is 16.2. The fourth-order valence-corrected chi connectivity index (χ4v) is 4.10. The first-order valence-corrected chi connectivity index (χ1v) is 8.53. The molecule has 17 heavy (non-hydrogen) atoms. The van der Waals surface area contributed by atoms with Gasteiger partial charge in [-0.05, 0) is 24.6 Å². The maximum Gasteiger partial charge on any atom is 0.256 e. The third-order valence-corrected chi connectivity index (χ3v) is 5.25. The van der Waals surface area contributed by atoms with Crippen LogP contribution in [0.5, 0.6) is 0 Å². The molecule has 0 bridgehead atoms. The number of hydrogen-bond acceptors (Lipinski definition) is 4. The third kappa shape index (κ3) is 5.59. The number of rotatable bonds is 5. The maximum atomic E-state index is 11.2. The van der Waals surface area contributed by atoms with Crippen molar-refractivity contribution in [1.29, 1.82) is 0 Å². The van der Waals surface area contributed by atoms with Crippen LogP contribution >= 0.6 is 35.4 Å². The monoisotopic (exact) mass is 319 g/mol. The smallest absolute Gasteiger partial charge is 0.256 e. The molecule has 1 rings (SSSR count). The standard InChI is InChI=1S/C9H15Cl2NO3S2/c10-3-8(4-11)15-9(16)12-5-7-1-2-17(13,14)6-7/h7-8H,1-6H2,(H,12,16)/t7-/m0/s1. The molecule has 1 heterocycles. The van der Waals surface area contributed by atoms with Gasteiger partial charge in [-0.3, -0.25) is 0 Å². The second kappa shape index (κ2) is 6.97. The fourth-order valence-electron chi connectivity index (χ4n) is 1.56. The molecule has 1 aliphatic heterocycles. The van der Waals surface area contributed by atoms with E-state index in [0.29, 0.717) is 13.0 Å². The number of thiocarbonyl (C=S) groups is 1. The van der Waals surface area contributed by atoms with Crippen LogP contribution in [0.1, 0.15) is 6.42 Å². The highest BCUT2D eigenvalue weighted by Gasteiger charge is 2.27. The van der Waals surface area contributed by atoms with Crippen molar-refractivity contribution in [1.82, 2.24) is 5.32 Å². The zero-order valence-corrected chi connectivity index (χ0v) is 12.3. The van der Waals surface area contributed by atoms with Crippen LogP contribution in [0.4, 0.5) is 0 Å². The Morgan fingerprint density at radius 1 is 1.47 bits per heavy atom. The normalized spacial score (nSPS) is 22.6. The minimum absolute atomic E-state index is 0.104. The van der Waals surface area contributed by atoms with Gasteiger partial charge < -0.3 is 10.1 Å². The summed E-state index contributed by atoms with van der Waals surface area (Å²) in [5.41, 5.74) is 0. The Labute approximate surface area is 117 Å². The summed E-state index contributed by atoms with van der Waals surface area (Å²) in [5.74, 6) is 1.12. The van der Waals surface area contributed by atoms with Crippen molar-refractivity contribution in [3.63, 3.8) is 0 Å². The van der Waals surface area contributed by atoms with Gasteiger partial charge in [0.05, 0.1) is 23.3 Å².